The van der Waals surface area contributed by atoms with Crippen molar-refractivity contribution in [1.82, 2.24) is 20.2 Å². The summed E-state index contributed by atoms with van der Waals surface area (Å²) < 4.78 is 1.65. The van der Waals surface area contributed by atoms with E-state index in [1.54, 1.807) is 4.68 Å². The van der Waals surface area contributed by atoms with E-state index in [1.165, 1.54) is 34.9 Å². The number of fused-ring (bicyclic) bond motifs is 1. The van der Waals surface area contributed by atoms with Gasteiger partial charge in [0.1, 0.15) is 0 Å². The van der Waals surface area contributed by atoms with Gasteiger partial charge >= 0.3 is 0 Å². The van der Waals surface area contributed by atoms with E-state index < -0.39 is 0 Å². The minimum atomic E-state index is -0.0635. The third kappa shape index (κ3) is 3.62. The van der Waals surface area contributed by atoms with Crippen LogP contribution in [0.5, 0.6) is 0 Å². The first kappa shape index (κ1) is 16.8. The number of amides is 1. The van der Waals surface area contributed by atoms with Crippen molar-refractivity contribution in [2.45, 2.75) is 31.3 Å². The Morgan fingerprint density at radius 1 is 1.15 bits per heavy atom. The number of thioether (sulfide) groups is 1. The molecule has 1 amide bonds. The normalized spacial score (nSPS) is 12.8. The standard InChI is InChI=1S/C19H19N5OS/c1-13-5-9-17(10-6-13)24-19(21-22-23-24)26-12-18(25)20-16-8-7-14-3-2-4-15(14)11-16/h5-11H,2-4,12H2,1H3,(H,20,25). The van der Waals surface area contributed by atoms with Gasteiger partial charge in [-0.2, -0.15) is 4.68 Å². The van der Waals surface area contributed by atoms with E-state index in [9.17, 15) is 4.79 Å². The zero-order valence-corrected chi connectivity index (χ0v) is 15.3. The Kier molecular flexibility index (Phi) is 4.71. The molecule has 0 atom stereocenters. The number of carbonyl (C=O) groups excluding carboxylic acids is 1. The highest BCUT2D eigenvalue weighted by atomic mass is 32.2. The van der Waals surface area contributed by atoms with Crippen LogP contribution in [0, 0.1) is 6.92 Å². The fourth-order valence-corrected chi connectivity index (χ4v) is 3.78. The van der Waals surface area contributed by atoms with Crippen molar-refractivity contribution in [3.63, 3.8) is 0 Å². The van der Waals surface area contributed by atoms with Crippen molar-refractivity contribution in [3.8, 4) is 5.69 Å². The number of benzene rings is 2. The summed E-state index contributed by atoms with van der Waals surface area (Å²) in [6.07, 6.45) is 3.43. The van der Waals surface area contributed by atoms with Crippen molar-refractivity contribution in [2.75, 3.05) is 11.1 Å². The molecule has 26 heavy (non-hydrogen) atoms. The zero-order chi connectivity index (χ0) is 17.9. The number of hydrogen-bond donors (Lipinski definition) is 1. The minimum absolute atomic E-state index is 0.0635. The van der Waals surface area contributed by atoms with Crippen LogP contribution in [0.15, 0.2) is 47.6 Å². The van der Waals surface area contributed by atoms with Crippen molar-refractivity contribution < 1.29 is 4.79 Å². The molecule has 1 aliphatic rings. The molecule has 0 bridgehead atoms. The zero-order valence-electron chi connectivity index (χ0n) is 14.5. The van der Waals surface area contributed by atoms with Gasteiger partial charge in [-0.3, -0.25) is 4.79 Å². The highest BCUT2D eigenvalue weighted by Gasteiger charge is 2.14. The van der Waals surface area contributed by atoms with Crippen molar-refractivity contribution in [3.05, 3.63) is 59.2 Å². The highest BCUT2D eigenvalue weighted by Crippen LogP contribution is 2.25. The van der Waals surface area contributed by atoms with Gasteiger partial charge in [0, 0.05) is 5.69 Å². The second-order valence-electron chi connectivity index (χ2n) is 6.38. The summed E-state index contributed by atoms with van der Waals surface area (Å²) in [7, 11) is 0. The Balaban J connectivity index is 1.39. The van der Waals surface area contributed by atoms with E-state index in [4.69, 9.17) is 0 Å². The van der Waals surface area contributed by atoms with E-state index in [0.717, 1.165) is 24.2 Å². The number of aryl methyl sites for hydroxylation is 3. The van der Waals surface area contributed by atoms with Crippen LogP contribution in [0.3, 0.4) is 0 Å². The summed E-state index contributed by atoms with van der Waals surface area (Å²) in [4.78, 5) is 12.3. The molecule has 1 N–H and O–H groups in total. The van der Waals surface area contributed by atoms with Gasteiger partial charge < -0.3 is 5.32 Å². The molecule has 7 heteroatoms. The van der Waals surface area contributed by atoms with Crippen molar-refractivity contribution in [1.29, 1.82) is 0 Å². The summed E-state index contributed by atoms with van der Waals surface area (Å²) in [6, 6.07) is 14.1. The van der Waals surface area contributed by atoms with Crippen molar-refractivity contribution >= 4 is 23.4 Å². The Labute approximate surface area is 156 Å². The minimum Gasteiger partial charge on any atom is -0.325 e. The van der Waals surface area contributed by atoms with Crippen LogP contribution in [-0.4, -0.2) is 31.9 Å². The number of hydrogen-bond acceptors (Lipinski definition) is 5. The van der Waals surface area contributed by atoms with Crippen LogP contribution in [0.4, 0.5) is 5.69 Å². The maximum atomic E-state index is 12.3. The lowest BCUT2D eigenvalue weighted by Gasteiger charge is -2.08. The molecule has 1 aliphatic carbocycles. The largest absolute Gasteiger partial charge is 0.325 e. The topological polar surface area (TPSA) is 72.7 Å². The number of anilines is 1. The lowest BCUT2D eigenvalue weighted by Crippen LogP contribution is -2.14. The quantitative estimate of drug-likeness (QED) is 0.703. The molecule has 1 aromatic heterocycles. The van der Waals surface area contributed by atoms with Crippen LogP contribution >= 0.6 is 11.8 Å². The molecule has 0 saturated heterocycles. The smallest absolute Gasteiger partial charge is 0.234 e. The van der Waals surface area contributed by atoms with Gasteiger partial charge in [-0.15, -0.1) is 5.10 Å². The molecule has 0 spiro atoms. The Hall–Kier alpha value is -2.67. The van der Waals surface area contributed by atoms with Gasteiger partial charge in [0.05, 0.1) is 11.4 Å². The fraction of sp³-hybridized carbons (Fsp3) is 0.263. The summed E-state index contributed by atoms with van der Waals surface area (Å²) in [5.41, 5.74) is 5.65. The summed E-state index contributed by atoms with van der Waals surface area (Å²) in [6.45, 7) is 2.03. The third-order valence-electron chi connectivity index (χ3n) is 4.43. The maximum absolute atomic E-state index is 12.3. The van der Waals surface area contributed by atoms with Crippen LogP contribution < -0.4 is 5.32 Å². The summed E-state index contributed by atoms with van der Waals surface area (Å²) in [5, 5.41) is 15.3. The van der Waals surface area contributed by atoms with Gasteiger partial charge in [0.2, 0.25) is 11.1 Å². The molecule has 4 rings (SSSR count). The van der Waals surface area contributed by atoms with Gasteiger partial charge in [-0.1, -0.05) is 35.5 Å². The molecular formula is C19H19N5OS. The molecule has 6 nitrogen and oxygen atoms in total. The van der Waals surface area contributed by atoms with Crippen LogP contribution in [0.25, 0.3) is 5.69 Å². The molecule has 0 unspecified atom stereocenters. The highest BCUT2D eigenvalue weighted by molar-refractivity contribution is 7.99. The Bertz CT molecular complexity index is 935. The van der Waals surface area contributed by atoms with Gasteiger partial charge in [-0.25, -0.2) is 0 Å². The molecule has 0 saturated carbocycles. The average molecular weight is 365 g/mol. The van der Waals surface area contributed by atoms with Crippen molar-refractivity contribution in [2.24, 2.45) is 0 Å². The first-order valence-corrected chi connectivity index (χ1v) is 9.57. The molecule has 132 valence electrons. The SMILES string of the molecule is Cc1ccc(-n2nnnc2SCC(=O)Nc2ccc3c(c2)CCC3)cc1. The molecule has 1 heterocycles. The van der Waals surface area contributed by atoms with E-state index in [1.807, 2.05) is 37.3 Å². The molecule has 3 aromatic rings. The van der Waals surface area contributed by atoms with Crippen LogP contribution in [-0.2, 0) is 17.6 Å². The van der Waals surface area contributed by atoms with Crippen LogP contribution in [0.1, 0.15) is 23.1 Å². The molecular weight excluding hydrogens is 346 g/mol. The third-order valence-corrected chi connectivity index (χ3v) is 5.35. The van der Waals surface area contributed by atoms with Gasteiger partial charge in [0.25, 0.3) is 0 Å². The summed E-state index contributed by atoms with van der Waals surface area (Å²) in [5.74, 6) is 0.190. The second kappa shape index (κ2) is 7.29. The molecule has 0 fully saturated rings. The van der Waals surface area contributed by atoms with Gasteiger partial charge in [-0.05, 0) is 72.0 Å². The average Bonchev–Trinajstić information content (AvgIpc) is 3.29. The number of tetrazole rings is 1. The summed E-state index contributed by atoms with van der Waals surface area (Å²) >= 11 is 1.32. The predicted octanol–water partition coefficient (Wildman–Crippen LogP) is 3.19. The van der Waals surface area contributed by atoms with E-state index >= 15 is 0 Å². The Morgan fingerprint density at radius 2 is 1.96 bits per heavy atom. The number of nitrogens with zero attached hydrogens (tertiary/aromatic N) is 4. The first-order chi connectivity index (χ1) is 12.7. The van der Waals surface area contributed by atoms with E-state index in [0.29, 0.717) is 5.16 Å². The number of rotatable bonds is 5. The molecule has 0 radical (unpaired) electrons. The first-order valence-electron chi connectivity index (χ1n) is 8.59. The fourth-order valence-electron chi connectivity index (χ4n) is 3.09. The lowest BCUT2D eigenvalue weighted by atomic mass is 10.1. The predicted molar refractivity (Wildman–Crippen MR) is 102 cm³/mol. The van der Waals surface area contributed by atoms with E-state index in [-0.39, 0.29) is 11.7 Å². The number of aromatic nitrogens is 4. The monoisotopic (exact) mass is 365 g/mol. The number of nitrogens with one attached hydrogen (secondary N) is 1. The second-order valence-corrected chi connectivity index (χ2v) is 7.33. The number of carbonyl (C=O) groups is 1. The van der Waals surface area contributed by atoms with E-state index in [2.05, 4.69) is 33.0 Å². The van der Waals surface area contributed by atoms with Gasteiger partial charge in [0.15, 0.2) is 0 Å². The molecule has 2 aromatic carbocycles. The van der Waals surface area contributed by atoms with Crippen LogP contribution in [0.2, 0.25) is 0 Å². The molecule has 0 aliphatic heterocycles. The lowest BCUT2D eigenvalue weighted by molar-refractivity contribution is -0.113. The maximum Gasteiger partial charge on any atom is 0.234 e. The Morgan fingerprint density at radius 3 is 2.81 bits per heavy atom.